The summed E-state index contributed by atoms with van der Waals surface area (Å²) in [5, 5.41) is 14.1. The topological polar surface area (TPSA) is 75.1 Å². The van der Waals surface area contributed by atoms with Crippen LogP contribution in [0.15, 0.2) is 85.2 Å². The van der Waals surface area contributed by atoms with Crippen molar-refractivity contribution in [2.45, 2.75) is 32.9 Å². The van der Waals surface area contributed by atoms with Gasteiger partial charge in [-0.15, -0.1) is 0 Å². The molecule has 0 radical (unpaired) electrons. The highest BCUT2D eigenvalue weighted by Crippen LogP contribution is 2.28. The van der Waals surface area contributed by atoms with E-state index >= 15 is 0 Å². The molecule has 4 rings (SSSR count). The Morgan fingerprint density at radius 2 is 1.64 bits per heavy atom. The fourth-order valence-electron chi connectivity index (χ4n) is 3.65. The van der Waals surface area contributed by atoms with Crippen LogP contribution >= 0.6 is 0 Å². The summed E-state index contributed by atoms with van der Waals surface area (Å²) >= 11 is 0. The Morgan fingerprint density at radius 3 is 2.30 bits per heavy atom. The van der Waals surface area contributed by atoms with Gasteiger partial charge in [-0.2, -0.15) is 0 Å². The lowest BCUT2D eigenvalue weighted by molar-refractivity contribution is 0.0939. The van der Waals surface area contributed by atoms with Gasteiger partial charge in [0.15, 0.2) is 0 Å². The summed E-state index contributed by atoms with van der Waals surface area (Å²) in [7, 11) is 0. The molecule has 0 aliphatic heterocycles. The molecule has 2 aromatic carbocycles. The van der Waals surface area contributed by atoms with Gasteiger partial charge < -0.3 is 10.4 Å². The van der Waals surface area contributed by atoms with Gasteiger partial charge in [0.2, 0.25) is 0 Å². The van der Waals surface area contributed by atoms with Gasteiger partial charge in [0, 0.05) is 29.2 Å². The molecule has 0 fully saturated rings. The molecule has 166 valence electrons. The summed E-state index contributed by atoms with van der Waals surface area (Å²) in [6.45, 7) is 5.83. The second-order valence-electron chi connectivity index (χ2n) is 8.31. The Kier molecular flexibility index (Phi) is 6.61. The van der Waals surface area contributed by atoms with E-state index in [0.717, 1.165) is 33.6 Å². The Labute approximate surface area is 194 Å². The Hall–Kier alpha value is -3.83. The highest BCUT2D eigenvalue weighted by molar-refractivity contribution is 5.96. The lowest BCUT2D eigenvalue weighted by Gasteiger charge is -2.17. The van der Waals surface area contributed by atoms with Crippen molar-refractivity contribution in [2.75, 3.05) is 0 Å². The number of nitrogens with one attached hydrogen (secondary N) is 1. The Bertz CT molecular complexity index is 1240. The normalized spacial score (nSPS) is 12.7. The van der Waals surface area contributed by atoms with Gasteiger partial charge in [-0.1, -0.05) is 42.5 Å². The maximum atomic E-state index is 13.2. The monoisotopic (exact) mass is 437 g/mol. The number of benzene rings is 2. The molecule has 33 heavy (non-hydrogen) atoms. The maximum Gasteiger partial charge on any atom is 0.251 e. The number of aliphatic hydroxyl groups is 1. The van der Waals surface area contributed by atoms with Crippen LogP contribution in [0.1, 0.15) is 57.4 Å². The van der Waals surface area contributed by atoms with E-state index in [4.69, 9.17) is 0 Å². The van der Waals surface area contributed by atoms with Crippen LogP contribution in [0.3, 0.4) is 0 Å². The molecule has 2 heterocycles. The highest BCUT2D eigenvalue weighted by atomic mass is 16.3. The van der Waals surface area contributed by atoms with Crippen molar-refractivity contribution in [1.82, 2.24) is 15.3 Å². The van der Waals surface area contributed by atoms with Crippen LogP contribution in [-0.2, 0) is 0 Å². The van der Waals surface area contributed by atoms with E-state index in [1.54, 1.807) is 18.5 Å². The van der Waals surface area contributed by atoms with Gasteiger partial charge in [0.25, 0.3) is 5.91 Å². The Morgan fingerprint density at radius 1 is 0.848 bits per heavy atom. The molecule has 1 amide bonds. The predicted octanol–water partition coefficient (Wildman–Crippen LogP) is 5.33. The van der Waals surface area contributed by atoms with E-state index in [9.17, 15) is 9.90 Å². The van der Waals surface area contributed by atoms with Gasteiger partial charge in [-0.05, 0) is 73.4 Å². The van der Waals surface area contributed by atoms with Crippen molar-refractivity contribution in [1.29, 1.82) is 0 Å². The average Bonchev–Trinajstić information content (AvgIpc) is 2.84. The third kappa shape index (κ3) is 5.33. The van der Waals surface area contributed by atoms with E-state index in [1.807, 2.05) is 87.5 Å². The minimum absolute atomic E-state index is 0.214. The summed E-state index contributed by atoms with van der Waals surface area (Å²) in [6.07, 6.45) is 2.71. The van der Waals surface area contributed by atoms with E-state index in [-0.39, 0.29) is 11.9 Å². The fraction of sp³-hybridized carbons (Fsp3) is 0.179. The summed E-state index contributed by atoms with van der Waals surface area (Å²) in [6, 6.07) is 22.4. The Balaban J connectivity index is 1.69. The molecular formula is C28H27N3O2. The van der Waals surface area contributed by atoms with E-state index in [1.165, 1.54) is 0 Å². The third-order valence-corrected chi connectivity index (χ3v) is 5.64. The molecule has 0 saturated heterocycles. The second kappa shape index (κ2) is 9.76. The van der Waals surface area contributed by atoms with Gasteiger partial charge in [-0.25, -0.2) is 0 Å². The van der Waals surface area contributed by atoms with Crippen LogP contribution in [0.2, 0.25) is 0 Å². The highest BCUT2D eigenvalue weighted by Gasteiger charge is 2.18. The summed E-state index contributed by atoms with van der Waals surface area (Å²) < 4.78 is 0. The first-order valence-corrected chi connectivity index (χ1v) is 10.9. The van der Waals surface area contributed by atoms with Gasteiger partial charge in [0.05, 0.1) is 11.7 Å². The number of pyridine rings is 2. The SMILES string of the molecule is Cc1ccc(-c2cc(C(=O)N[C@H](C)c3ccc(C)nc3)cc(C(O)c3ccccc3)c2)nc1. The van der Waals surface area contributed by atoms with E-state index in [0.29, 0.717) is 11.1 Å². The average molecular weight is 438 g/mol. The first-order valence-electron chi connectivity index (χ1n) is 10.9. The lowest BCUT2D eigenvalue weighted by atomic mass is 9.95. The van der Waals surface area contributed by atoms with Crippen LogP contribution < -0.4 is 5.32 Å². The number of carbonyl (C=O) groups is 1. The quantitative estimate of drug-likeness (QED) is 0.427. The number of aromatic nitrogens is 2. The largest absolute Gasteiger partial charge is 0.384 e. The molecule has 0 saturated carbocycles. The van der Waals surface area contributed by atoms with Crippen molar-refractivity contribution < 1.29 is 9.90 Å². The van der Waals surface area contributed by atoms with Crippen LogP contribution in [-0.4, -0.2) is 21.0 Å². The zero-order valence-corrected chi connectivity index (χ0v) is 19.0. The van der Waals surface area contributed by atoms with Crippen molar-refractivity contribution in [3.63, 3.8) is 0 Å². The minimum atomic E-state index is -0.859. The van der Waals surface area contributed by atoms with Crippen molar-refractivity contribution in [3.8, 4) is 11.3 Å². The number of aryl methyl sites for hydroxylation is 2. The molecule has 2 N–H and O–H groups in total. The third-order valence-electron chi connectivity index (χ3n) is 5.64. The first-order chi connectivity index (χ1) is 15.9. The summed E-state index contributed by atoms with van der Waals surface area (Å²) in [5.41, 5.74) is 6.28. The number of aliphatic hydroxyl groups excluding tert-OH is 1. The van der Waals surface area contributed by atoms with Crippen molar-refractivity contribution in [3.05, 3.63) is 119 Å². The number of nitrogens with zero attached hydrogens (tertiary/aromatic N) is 2. The zero-order chi connectivity index (χ0) is 23.4. The molecule has 0 bridgehead atoms. The standard InChI is InChI=1S/C28H27N3O2/c1-18-9-12-26(30-16-18)23-13-24(27(32)21-7-5-4-6-8-21)15-25(14-23)28(33)31-20(3)22-11-10-19(2)29-17-22/h4-17,20,27,32H,1-3H3,(H,31,33)/t20-,27?/m1/s1. The minimum Gasteiger partial charge on any atom is -0.384 e. The number of carbonyl (C=O) groups excluding carboxylic acids is 1. The fourth-order valence-corrected chi connectivity index (χ4v) is 3.65. The first kappa shape index (κ1) is 22.4. The molecule has 0 aliphatic carbocycles. The van der Waals surface area contributed by atoms with Crippen LogP contribution in [0.5, 0.6) is 0 Å². The molecule has 0 aliphatic rings. The maximum absolute atomic E-state index is 13.2. The molecular weight excluding hydrogens is 410 g/mol. The summed E-state index contributed by atoms with van der Waals surface area (Å²) in [5.74, 6) is -0.224. The van der Waals surface area contributed by atoms with Gasteiger partial charge in [0.1, 0.15) is 6.10 Å². The molecule has 5 nitrogen and oxygen atoms in total. The van der Waals surface area contributed by atoms with Gasteiger partial charge >= 0.3 is 0 Å². The molecule has 1 unspecified atom stereocenters. The van der Waals surface area contributed by atoms with E-state index in [2.05, 4.69) is 15.3 Å². The number of rotatable bonds is 6. The van der Waals surface area contributed by atoms with E-state index < -0.39 is 6.10 Å². The van der Waals surface area contributed by atoms with Gasteiger partial charge in [-0.3, -0.25) is 14.8 Å². The number of hydrogen-bond donors (Lipinski definition) is 2. The second-order valence-corrected chi connectivity index (χ2v) is 8.31. The van der Waals surface area contributed by atoms with Crippen LogP contribution in [0, 0.1) is 13.8 Å². The van der Waals surface area contributed by atoms with Crippen LogP contribution in [0.25, 0.3) is 11.3 Å². The molecule has 2 aromatic heterocycles. The molecule has 2 atom stereocenters. The molecule has 5 heteroatoms. The van der Waals surface area contributed by atoms with Crippen LogP contribution in [0.4, 0.5) is 0 Å². The number of hydrogen-bond acceptors (Lipinski definition) is 4. The predicted molar refractivity (Wildman–Crippen MR) is 130 cm³/mol. The molecule has 0 spiro atoms. The number of amides is 1. The lowest BCUT2D eigenvalue weighted by Crippen LogP contribution is -2.27. The smallest absolute Gasteiger partial charge is 0.251 e. The molecule has 4 aromatic rings. The van der Waals surface area contributed by atoms with Crippen molar-refractivity contribution >= 4 is 5.91 Å². The van der Waals surface area contributed by atoms with Crippen molar-refractivity contribution in [2.24, 2.45) is 0 Å². The summed E-state index contributed by atoms with van der Waals surface area (Å²) in [4.78, 5) is 22.0. The zero-order valence-electron chi connectivity index (χ0n) is 19.0.